The molecule has 0 aliphatic rings. The van der Waals surface area contributed by atoms with E-state index in [1.165, 1.54) is 28.2 Å². The minimum atomic E-state index is -0.155. The fourth-order valence-corrected chi connectivity index (χ4v) is 3.97. The lowest BCUT2D eigenvalue weighted by molar-refractivity contribution is 0.102. The molecule has 1 amide bonds. The van der Waals surface area contributed by atoms with Crippen molar-refractivity contribution in [2.75, 3.05) is 5.32 Å². The molecule has 4 rings (SSSR count). The first-order chi connectivity index (χ1) is 12.2. The number of benzene rings is 2. The maximum Gasteiger partial charge on any atom is 0.257 e. The van der Waals surface area contributed by atoms with Crippen LogP contribution in [0.25, 0.3) is 21.5 Å². The molecule has 0 bridgehead atoms. The number of amides is 1. The van der Waals surface area contributed by atoms with E-state index in [0.29, 0.717) is 10.7 Å². The van der Waals surface area contributed by atoms with Crippen LogP contribution >= 0.6 is 22.7 Å². The fraction of sp³-hybridized carbons (Fsp3) is 0.105. The summed E-state index contributed by atoms with van der Waals surface area (Å²) in [5.74, 6) is -0.155. The number of aromatic nitrogens is 2. The fourth-order valence-electron chi connectivity index (χ4n) is 2.54. The van der Waals surface area contributed by atoms with Crippen LogP contribution in [0.2, 0.25) is 0 Å². The van der Waals surface area contributed by atoms with E-state index in [0.717, 1.165) is 27.9 Å². The molecule has 0 saturated carbocycles. The lowest BCUT2D eigenvalue weighted by Crippen LogP contribution is -2.11. The number of hydrogen-bond acceptors (Lipinski definition) is 5. The molecule has 0 saturated heterocycles. The third kappa shape index (κ3) is 3.31. The molecule has 0 unspecified atom stereocenters. The number of nitrogens with zero attached hydrogens (tertiary/aromatic N) is 2. The van der Waals surface area contributed by atoms with Gasteiger partial charge in [-0.15, -0.1) is 22.7 Å². The molecule has 2 aromatic heterocycles. The Kier molecular flexibility index (Phi) is 4.29. The first-order valence-electron chi connectivity index (χ1n) is 7.92. The Labute approximate surface area is 153 Å². The molecule has 124 valence electrons. The van der Waals surface area contributed by atoms with Gasteiger partial charge in [0.2, 0.25) is 0 Å². The number of rotatable bonds is 4. The molecule has 1 N–H and O–H groups in total. The molecule has 0 aliphatic carbocycles. The van der Waals surface area contributed by atoms with E-state index in [1.54, 1.807) is 11.6 Å². The number of carbonyl (C=O) groups is 1. The smallest absolute Gasteiger partial charge is 0.257 e. The molecule has 0 spiro atoms. The highest BCUT2D eigenvalue weighted by Crippen LogP contribution is 2.26. The van der Waals surface area contributed by atoms with Crippen molar-refractivity contribution in [1.29, 1.82) is 0 Å². The zero-order valence-electron chi connectivity index (χ0n) is 13.5. The van der Waals surface area contributed by atoms with E-state index in [9.17, 15) is 4.79 Å². The predicted molar refractivity (Wildman–Crippen MR) is 105 cm³/mol. The summed E-state index contributed by atoms with van der Waals surface area (Å²) in [4.78, 5) is 21.2. The maximum atomic E-state index is 12.4. The molecule has 2 aromatic carbocycles. The Hall–Kier alpha value is -2.57. The zero-order valence-corrected chi connectivity index (χ0v) is 15.2. The first kappa shape index (κ1) is 15.9. The normalized spacial score (nSPS) is 10.9. The summed E-state index contributed by atoms with van der Waals surface area (Å²) in [5, 5.41) is 5.44. The van der Waals surface area contributed by atoms with E-state index in [-0.39, 0.29) is 5.91 Å². The summed E-state index contributed by atoms with van der Waals surface area (Å²) in [6.07, 6.45) is 1.02. The largest absolute Gasteiger partial charge is 0.298 e. The van der Waals surface area contributed by atoms with Gasteiger partial charge in [0, 0.05) is 16.5 Å². The Balaban J connectivity index is 1.52. The number of fused-ring (bicyclic) bond motifs is 1. The number of carbonyl (C=O) groups excluding carboxylic acids is 1. The van der Waals surface area contributed by atoms with Crippen molar-refractivity contribution in [3.8, 4) is 11.3 Å². The van der Waals surface area contributed by atoms with Crippen LogP contribution in [0.15, 0.2) is 53.4 Å². The van der Waals surface area contributed by atoms with Gasteiger partial charge in [0.1, 0.15) is 0 Å². The highest BCUT2D eigenvalue weighted by atomic mass is 32.1. The van der Waals surface area contributed by atoms with Crippen LogP contribution in [0.5, 0.6) is 0 Å². The van der Waals surface area contributed by atoms with Gasteiger partial charge in [-0.2, -0.15) is 0 Å². The highest BCUT2D eigenvalue weighted by Gasteiger charge is 2.11. The second-order valence-corrected chi connectivity index (χ2v) is 7.32. The molecule has 6 heteroatoms. The molecule has 4 aromatic rings. The van der Waals surface area contributed by atoms with Crippen LogP contribution in [0.4, 0.5) is 5.13 Å². The summed E-state index contributed by atoms with van der Waals surface area (Å²) >= 11 is 2.96. The number of thiazole rings is 2. The Morgan fingerprint density at radius 3 is 2.76 bits per heavy atom. The topological polar surface area (TPSA) is 54.9 Å². The summed E-state index contributed by atoms with van der Waals surface area (Å²) in [6, 6.07) is 13.9. The molecule has 2 heterocycles. The summed E-state index contributed by atoms with van der Waals surface area (Å²) in [6.45, 7) is 2.13. The van der Waals surface area contributed by atoms with Crippen LogP contribution < -0.4 is 5.32 Å². The summed E-state index contributed by atoms with van der Waals surface area (Å²) in [7, 11) is 0. The van der Waals surface area contributed by atoms with Crippen molar-refractivity contribution in [2.24, 2.45) is 0 Å². The number of anilines is 1. The van der Waals surface area contributed by atoms with Gasteiger partial charge in [-0.05, 0) is 30.2 Å². The Morgan fingerprint density at radius 2 is 1.96 bits per heavy atom. The standard InChI is InChI=1S/C19H15N3OS2/c1-2-12-3-5-13(6-4-12)16-10-24-19(21-16)22-18(23)14-7-8-15-17(9-14)25-11-20-15/h3-11H,2H2,1H3,(H,21,22,23). The van der Waals surface area contributed by atoms with Crippen molar-refractivity contribution < 1.29 is 4.79 Å². The van der Waals surface area contributed by atoms with E-state index in [1.807, 2.05) is 17.5 Å². The maximum absolute atomic E-state index is 12.4. The average molecular weight is 365 g/mol. The molecule has 0 atom stereocenters. The summed E-state index contributed by atoms with van der Waals surface area (Å²) in [5.41, 5.74) is 6.53. The van der Waals surface area contributed by atoms with Gasteiger partial charge in [-0.3, -0.25) is 10.1 Å². The van der Waals surface area contributed by atoms with Gasteiger partial charge < -0.3 is 0 Å². The number of nitrogens with one attached hydrogen (secondary N) is 1. The third-order valence-electron chi connectivity index (χ3n) is 3.98. The predicted octanol–water partition coefficient (Wildman–Crippen LogP) is 5.23. The highest BCUT2D eigenvalue weighted by molar-refractivity contribution is 7.16. The van der Waals surface area contributed by atoms with Gasteiger partial charge in [0.05, 0.1) is 21.4 Å². The first-order valence-corrected chi connectivity index (χ1v) is 9.68. The van der Waals surface area contributed by atoms with Crippen LogP contribution in [0, 0.1) is 0 Å². The zero-order chi connectivity index (χ0) is 17.2. The molecule has 0 aliphatic heterocycles. The lowest BCUT2D eigenvalue weighted by Gasteiger charge is -2.02. The minimum absolute atomic E-state index is 0.155. The van der Waals surface area contributed by atoms with Gasteiger partial charge in [0.25, 0.3) is 5.91 Å². The monoisotopic (exact) mass is 365 g/mol. The molecule has 0 fully saturated rings. The summed E-state index contributed by atoms with van der Waals surface area (Å²) < 4.78 is 1.00. The second-order valence-electron chi connectivity index (χ2n) is 5.58. The van der Waals surface area contributed by atoms with Gasteiger partial charge in [-0.1, -0.05) is 31.2 Å². The van der Waals surface area contributed by atoms with Gasteiger partial charge in [-0.25, -0.2) is 9.97 Å². The SMILES string of the molecule is CCc1ccc(-c2csc(NC(=O)c3ccc4ncsc4c3)n2)cc1. The van der Waals surface area contributed by atoms with E-state index in [4.69, 9.17) is 0 Å². The average Bonchev–Trinajstić information content (AvgIpc) is 3.30. The van der Waals surface area contributed by atoms with E-state index < -0.39 is 0 Å². The Bertz CT molecular complexity index is 1030. The van der Waals surface area contributed by atoms with Crippen molar-refractivity contribution >= 4 is 43.9 Å². The molecular formula is C19H15N3OS2. The molecule has 0 radical (unpaired) electrons. The Morgan fingerprint density at radius 1 is 1.12 bits per heavy atom. The third-order valence-corrected chi connectivity index (χ3v) is 5.53. The number of aryl methyl sites for hydroxylation is 1. The second kappa shape index (κ2) is 6.74. The van der Waals surface area contributed by atoms with Crippen molar-refractivity contribution in [3.05, 3.63) is 64.5 Å². The van der Waals surface area contributed by atoms with E-state index >= 15 is 0 Å². The minimum Gasteiger partial charge on any atom is -0.298 e. The van der Waals surface area contributed by atoms with Crippen LogP contribution in [-0.2, 0) is 6.42 Å². The van der Waals surface area contributed by atoms with Gasteiger partial charge >= 0.3 is 0 Å². The van der Waals surface area contributed by atoms with Crippen molar-refractivity contribution in [1.82, 2.24) is 9.97 Å². The van der Waals surface area contributed by atoms with Crippen molar-refractivity contribution in [3.63, 3.8) is 0 Å². The van der Waals surface area contributed by atoms with Crippen LogP contribution in [0.1, 0.15) is 22.8 Å². The number of hydrogen-bond donors (Lipinski definition) is 1. The van der Waals surface area contributed by atoms with Gasteiger partial charge in [0.15, 0.2) is 5.13 Å². The molecule has 4 nitrogen and oxygen atoms in total. The van der Waals surface area contributed by atoms with Crippen molar-refractivity contribution in [2.45, 2.75) is 13.3 Å². The van der Waals surface area contributed by atoms with E-state index in [2.05, 4.69) is 46.5 Å². The van der Waals surface area contributed by atoms with Crippen LogP contribution in [-0.4, -0.2) is 15.9 Å². The van der Waals surface area contributed by atoms with Crippen LogP contribution in [0.3, 0.4) is 0 Å². The molecular weight excluding hydrogens is 350 g/mol. The lowest BCUT2D eigenvalue weighted by atomic mass is 10.1. The quantitative estimate of drug-likeness (QED) is 0.538. The molecule has 25 heavy (non-hydrogen) atoms.